The maximum absolute atomic E-state index is 3.62. The van der Waals surface area contributed by atoms with E-state index in [2.05, 4.69) is 55.4 Å². The molecule has 0 aliphatic carbocycles. The molecule has 1 fully saturated rings. The van der Waals surface area contributed by atoms with Crippen molar-refractivity contribution in [2.45, 2.75) is 38.9 Å². The van der Waals surface area contributed by atoms with Crippen molar-refractivity contribution >= 4 is 27.7 Å². The summed E-state index contributed by atoms with van der Waals surface area (Å²) in [6.07, 6.45) is 1.39. The molecule has 1 saturated heterocycles. The molecule has 1 atom stereocenters. The lowest BCUT2D eigenvalue weighted by Crippen LogP contribution is -2.36. The Bertz CT molecular complexity index is 163. The molecule has 72 valence electrons. The van der Waals surface area contributed by atoms with Gasteiger partial charge in [-0.3, -0.25) is 0 Å². The van der Waals surface area contributed by atoms with Crippen LogP contribution in [0.5, 0.6) is 0 Å². The summed E-state index contributed by atoms with van der Waals surface area (Å²) in [6, 6.07) is 0. The number of alkyl halides is 1. The van der Waals surface area contributed by atoms with Crippen molar-refractivity contribution in [1.82, 2.24) is 0 Å². The van der Waals surface area contributed by atoms with Crippen molar-refractivity contribution in [3.63, 3.8) is 0 Å². The van der Waals surface area contributed by atoms with Gasteiger partial charge in [-0.25, -0.2) is 0 Å². The highest BCUT2D eigenvalue weighted by atomic mass is 79.9. The molecule has 0 amide bonds. The molecule has 1 unspecified atom stereocenters. The van der Waals surface area contributed by atoms with Crippen molar-refractivity contribution in [3.05, 3.63) is 0 Å². The highest BCUT2D eigenvalue weighted by molar-refractivity contribution is 9.09. The van der Waals surface area contributed by atoms with Crippen LogP contribution in [-0.4, -0.2) is 15.8 Å². The smallest absolute Gasteiger partial charge is 0.0137 e. The van der Waals surface area contributed by atoms with Crippen LogP contribution in [0.1, 0.15) is 34.1 Å². The van der Waals surface area contributed by atoms with E-state index in [0.717, 1.165) is 11.2 Å². The Morgan fingerprint density at radius 2 is 2.08 bits per heavy atom. The van der Waals surface area contributed by atoms with Gasteiger partial charge in [0.15, 0.2) is 0 Å². The maximum Gasteiger partial charge on any atom is 0.0137 e. The Balaban J connectivity index is 2.74. The third-order valence-corrected chi connectivity index (χ3v) is 5.92. The first kappa shape index (κ1) is 10.9. The zero-order valence-electron chi connectivity index (χ0n) is 8.48. The van der Waals surface area contributed by atoms with Gasteiger partial charge in [-0.15, -0.1) is 0 Å². The largest absolute Gasteiger partial charge is 0.155 e. The molecule has 2 heteroatoms. The van der Waals surface area contributed by atoms with Gasteiger partial charge in [0.1, 0.15) is 0 Å². The molecule has 1 rings (SSSR count). The summed E-state index contributed by atoms with van der Waals surface area (Å²) in [5.41, 5.74) is 0.451. The molecular weight excluding hydrogens is 232 g/mol. The van der Waals surface area contributed by atoms with Gasteiger partial charge in [-0.2, -0.15) is 11.8 Å². The third-order valence-electron chi connectivity index (χ3n) is 3.01. The predicted octanol–water partition coefficient (Wildman–Crippen LogP) is 3.94. The Kier molecular flexibility index (Phi) is 3.21. The van der Waals surface area contributed by atoms with E-state index in [9.17, 15) is 0 Å². The lowest BCUT2D eigenvalue weighted by Gasteiger charge is -2.38. The fourth-order valence-corrected chi connectivity index (χ4v) is 4.22. The molecule has 0 aromatic carbocycles. The third kappa shape index (κ3) is 2.01. The SMILES string of the molecule is CC(C)(CBr)C1CCSC1(C)C. The molecule has 0 aromatic heterocycles. The summed E-state index contributed by atoms with van der Waals surface area (Å²) >= 11 is 5.75. The zero-order chi connectivity index (χ0) is 9.41. The lowest BCUT2D eigenvalue weighted by molar-refractivity contribution is 0.211. The van der Waals surface area contributed by atoms with Crippen LogP contribution in [0.25, 0.3) is 0 Å². The standard InChI is InChI=1S/C10H19BrS/c1-9(2,7-11)8-5-6-12-10(8,3)4/h8H,5-7H2,1-4H3. The fraction of sp³-hybridized carbons (Fsp3) is 1.00. The van der Waals surface area contributed by atoms with Gasteiger partial charge >= 0.3 is 0 Å². The molecule has 0 radical (unpaired) electrons. The van der Waals surface area contributed by atoms with Crippen LogP contribution >= 0.6 is 27.7 Å². The summed E-state index contributed by atoms with van der Waals surface area (Å²) in [4.78, 5) is 0. The first-order valence-corrected chi connectivity index (χ1v) is 6.71. The molecule has 12 heavy (non-hydrogen) atoms. The van der Waals surface area contributed by atoms with Crippen LogP contribution in [0.2, 0.25) is 0 Å². The molecule has 0 N–H and O–H groups in total. The van der Waals surface area contributed by atoms with Crippen LogP contribution < -0.4 is 0 Å². The minimum absolute atomic E-state index is 0.451. The predicted molar refractivity (Wildman–Crippen MR) is 62.2 cm³/mol. The van der Waals surface area contributed by atoms with Gasteiger partial charge in [0, 0.05) is 10.1 Å². The number of thioether (sulfide) groups is 1. The van der Waals surface area contributed by atoms with Gasteiger partial charge in [0.2, 0.25) is 0 Å². The highest BCUT2D eigenvalue weighted by Crippen LogP contribution is 2.51. The Hall–Kier alpha value is 0.830. The summed E-state index contributed by atoms with van der Waals surface area (Å²) in [6.45, 7) is 9.53. The second-order valence-electron chi connectivity index (χ2n) is 4.92. The summed E-state index contributed by atoms with van der Waals surface area (Å²) in [5, 5.41) is 1.12. The fourth-order valence-electron chi connectivity index (χ4n) is 2.31. The monoisotopic (exact) mass is 250 g/mol. The lowest BCUT2D eigenvalue weighted by atomic mass is 9.73. The van der Waals surface area contributed by atoms with E-state index in [1.54, 1.807) is 0 Å². The summed E-state index contributed by atoms with van der Waals surface area (Å²) in [7, 11) is 0. The Morgan fingerprint density at radius 1 is 1.50 bits per heavy atom. The molecule has 0 spiro atoms. The number of hydrogen-bond acceptors (Lipinski definition) is 1. The zero-order valence-corrected chi connectivity index (χ0v) is 10.9. The van der Waals surface area contributed by atoms with E-state index in [0.29, 0.717) is 10.2 Å². The van der Waals surface area contributed by atoms with Crippen molar-refractivity contribution in [3.8, 4) is 0 Å². The molecule has 1 aliphatic heterocycles. The normalized spacial score (nSPS) is 29.2. The average molecular weight is 251 g/mol. The second kappa shape index (κ2) is 3.53. The van der Waals surface area contributed by atoms with Gasteiger partial charge in [-0.05, 0) is 23.5 Å². The van der Waals surface area contributed by atoms with E-state index in [1.807, 2.05) is 0 Å². The molecule has 0 saturated carbocycles. The quantitative estimate of drug-likeness (QED) is 0.670. The van der Waals surface area contributed by atoms with Crippen LogP contribution in [0, 0.1) is 11.3 Å². The highest BCUT2D eigenvalue weighted by Gasteiger charge is 2.43. The number of hydrogen-bond donors (Lipinski definition) is 0. The van der Waals surface area contributed by atoms with Crippen LogP contribution in [0.15, 0.2) is 0 Å². The van der Waals surface area contributed by atoms with E-state index in [1.165, 1.54) is 12.2 Å². The minimum Gasteiger partial charge on any atom is -0.155 e. The van der Waals surface area contributed by atoms with Gasteiger partial charge in [0.25, 0.3) is 0 Å². The topological polar surface area (TPSA) is 0 Å². The van der Waals surface area contributed by atoms with Crippen molar-refractivity contribution in [2.75, 3.05) is 11.1 Å². The second-order valence-corrected chi connectivity index (χ2v) is 7.23. The Labute approximate surface area is 89.0 Å². The van der Waals surface area contributed by atoms with Crippen molar-refractivity contribution in [1.29, 1.82) is 0 Å². The summed E-state index contributed by atoms with van der Waals surface area (Å²) in [5.74, 6) is 2.20. The molecule has 0 aromatic rings. The van der Waals surface area contributed by atoms with Gasteiger partial charge in [-0.1, -0.05) is 43.6 Å². The van der Waals surface area contributed by atoms with E-state index < -0.39 is 0 Å². The van der Waals surface area contributed by atoms with Gasteiger partial charge < -0.3 is 0 Å². The minimum atomic E-state index is 0.451. The van der Waals surface area contributed by atoms with E-state index >= 15 is 0 Å². The first-order chi connectivity index (χ1) is 5.40. The molecule has 0 bridgehead atoms. The first-order valence-electron chi connectivity index (χ1n) is 4.60. The van der Waals surface area contributed by atoms with E-state index in [4.69, 9.17) is 0 Å². The average Bonchev–Trinajstić information content (AvgIpc) is 2.30. The molecule has 1 aliphatic rings. The molecular formula is C10H19BrS. The van der Waals surface area contributed by atoms with Crippen LogP contribution in [0.3, 0.4) is 0 Å². The van der Waals surface area contributed by atoms with Crippen LogP contribution in [0.4, 0.5) is 0 Å². The van der Waals surface area contributed by atoms with E-state index in [-0.39, 0.29) is 0 Å². The molecule has 1 heterocycles. The summed E-state index contributed by atoms with van der Waals surface area (Å²) < 4.78 is 0.483. The van der Waals surface area contributed by atoms with Crippen molar-refractivity contribution in [2.24, 2.45) is 11.3 Å². The number of halogens is 1. The van der Waals surface area contributed by atoms with Crippen molar-refractivity contribution < 1.29 is 0 Å². The van der Waals surface area contributed by atoms with Crippen LogP contribution in [-0.2, 0) is 0 Å². The maximum atomic E-state index is 3.62. The Morgan fingerprint density at radius 3 is 2.42 bits per heavy atom. The molecule has 0 nitrogen and oxygen atoms in total. The van der Waals surface area contributed by atoms with Gasteiger partial charge in [0.05, 0.1) is 0 Å². The number of rotatable bonds is 2.